The van der Waals surface area contributed by atoms with Crippen LogP contribution < -0.4 is 5.32 Å². The van der Waals surface area contributed by atoms with Gasteiger partial charge >= 0.3 is 5.97 Å². The van der Waals surface area contributed by atoms with Crippen molar-refractivity contribution in [2.75, 3.05) is 11.9 Å². The largest absolute Gasteiger partial charge is 0.456 e. The molecule has 1 N–H and O–H groups in total. The number of nitrogens with zero attached hydrogens (tertiary/aromatic N) is 1. The van der Waals surface area contributed by atoms with Gasteiger partial charge in [0.15, 0.2) is 6.61 Å². The third-order valence-electron chi connectivity index (χ3n) is 3.37. The van der Waals surface area contributed by atoms with Crippen LogP contribution in [0.5, 0.6) is 0 Å². The highest BCUT2D eigenvalue weighted by Crippen LogP contribution is 2.27. The van der Waals surface area contributed by atoms with Gasteiger partial charge in [0.05, 0.1) is 4.92 Å². The molecule has 1 amide bonds. The number of rotatable bonds is 7. The molecule has 0 atom stereocenters. The van der Waals surface area contributed by atoms with E-state index in [1.165, 1.54) is 12.1 Å². The first-order chi connectivity index (χ1) is 10.7. The summed E-state index contributed by atoms with van der Waals surface area (Å²) in [4.78, 5) is 33.8. The number of carbonyl (C=O) groups is 2. The van der Waals surface area contributed by atoms with Crippen LogP contribution in [0, 0.1) is 29.9 Å². The van der Waals surface area contributed by atoms with Gasteiger partial charge in [-0.2, -0.15) is 0 Å². The van der Waals surface area contributed by atoms with E-state index >= 15 is 0 Å². The van der Waals surface area contributed by atoms with Crippen LogP contribution in [0.2, 0.25) is 0 Å². The van der Waals surface area contributed by atoms with Crippen molar-refractivity contribution in [1.29, 1.82) is 0 Å². The predicted molar refractivity (Wildman–Crippen MR) is 86.2 cm³/mol. The van der Waals surface area contributed by atoms with Crippen LogP contribution >= 0.6 is 0 Å². The topological polar surface area (TPSA) is 98.5 Å². The lowest BCUT2D eigenvalue weighted by Crippen LogP contribution is -2.21. The van der Waals surface area contributed by atoms with E-state index in [4.69, 9.17) is 4.74 Å². The second-order valence-electron chi connectivity index (χ2n) is 5.85. The highest BCUT2D eigenvalue weighted by Gasteiger charge is 2.18. The Kier molecular flexibility index (Phi) is 6.68. The number of carbonyl (C=O) groups excluding carboxylic acids is 2. The minimum absolute atomic E-state index is 0.0985. The van der Waals surface area contributed by atoms with Crippen molar-refractivity contribution in [2.24, 2.45) is 5.92 Å². The number of ether oxygens (including phenoxy) is 1. The second-order valence-corrected chi connectivity index (χ2v) is 5.85. The molecule has 0 aromatic heterocycles. The van der Waals surface area contributed by atoms with Gasteiger partial charge in [-0.3, -0.25) is 19.7 Å². The summed E-state index contributed by atoms with van der Waals surface area (Å²) in [5.74, 6) is -0.688. The van der Waals surface area contributed by atoms with Crippen molar-refractivity contribution in [3.63, 3.8) is 0 Å². The lowest BCUT2D eigenvalue weighted by Gasteiger charge is -2.09. The van der Waals surface area contributed by atoms with E-state index in [9.17, 15) is 19.7 Å². The second kappa shape index (κ2) is 8.26. The monoisotopic (exact) mass is 322 g/mol. The fourth-order valence-electron chi connectivity index (χ4n) is 1.86. The lowest BCUT2D eigenvalue weighted by molar-refractivity contribution is -0.384. The smallest absolute Gasteiger partial charge is 0.306 e. The Balaban J connectivity index is 2.66. The third-order valence-corrected chi connectivity index (χ3v) is 3.37. The maximum Gasteiger partial charge on any atom is 0.306 e. The zero-order valence-corrected chi connectivity index (χ0v) is 13.8. The Morgan fingerprint density at radius 1 is 1.26 bits per heavy atom. The molecule has 0 aliphatic rings. The molecule has 1 aromatic carbocycles. The van der Waals surface area contributed by atoms with Crippen LogP contribution in [-0.2, 0) is 14.3 Å². The molecular weight excluding hydrogens is 300 g/mol. The van der Waals surface area contributed by atoms with Gasteiger partial charge in [-0.25, -0.2) is 0 Å². The molecule has 0 fully saturated rings. The Bertz CT molecular complexity index is 611. The van der Waals surface area contributed by atoms with Gasteiger partial charge in [-0.15, -0.1) is 0 Å². The first-order valence-corrected chi connectivity index (χ1v) is 7.41. The molecule has 1 aromatic rings. The average molecular weight is 322 g/mol. The fourth-order valence-corrected chi connectivity index (χ4v) is 1.86. The van der Waals surface area contributed by atoms with Crippen LogP contribution in [0.15, 0.2) is 12.1 Å². The molecule has 0 heterocycles. The van der Waals surface area contributed by atoms with Crippen LogP contribution in [0.1, 0.15) is 37.8 Å². The number of esters is 1. The zero-order chi connectivity index (χ0) is 17.6. The van der Waals surface area contributed by atoms with E-state index in [1.54, 1.807) is 13.8 Å². The number of hydrogen-bond donors (Lipinski definition) is 1. The van der Waals surface area contributed by atoms with E-state index < -0.39 is 23.4 Å². The van der Waals surface area contributed by atoms with Gasteiger partial charge in [0, 0.05) is 12.5 Å². The van der Waals surface area contributed by atoms with E-state index in [-0.39, 0.29) is 17.8 Å². The van der Waals surface area contributed by atoms with E-state index in [2.05, 4.69) is 5.32 Å². The van der Waals surface area contributed by atoms with Gasteiger partial charge < -0.3 is 10.1 Å². The molecule has 7 heteroatoms. The van der Waals surface area contributed by atoms with Gasteiger partial charge in [-0.1, -0.05) is 13.8 Å². The third kappa shape index (κ3) is 6.06. The quantitative estimate of drug-likeness (QED) is 0.472. The minimum Gasteiger partial charge on any atom is -0.456 e. The Morgan fingerprint density at radius 2 is 1.87 bits per heavy atom. The fraction of sp³-hybridized carbons (Fsp3) is 0.500. The summed E-state index contributed by atoms with van der Waals surface area (Å²) in [6.07, 6.45) is 0.928. The molecule has 23 heavy (non-hydrogen) atoms. The van der Waals surface area contributed by atoms with Gasteiger partial charge in [-0.05, 0) is 43.4 Å². The lowest BCUT2D eigenvalue weighted by atomic mass is 10.1. The van der Waals surface area contributed by atoms with Crippen molar-refractivity contribution < 1.29 is 19.2 Å². The molecule has 0 bridgehead atoms. The number of hydrogen-bond acceptors (Lipinski definition) is 5. The summed E-state index contributed by atoms with van der Waals surface area (Å²) >= 11 is 0. The summed E-state index contributed by atoms with van der Waals surface area (Å²) in [6, 6.07) is 2.94. The van der Waals surface area contributed by atoms with Crippen molar-refractivity contribution in [3.05, 3.63) is 33.4 Å². The Morgan fingerprint density at radius 3 is 2.43 bits per heavy atom. The number of anilines is 1. The average Bonchev–Trinajstić information content (AvgIpc) is 2.46. The Labute approximate surface area is 135 Å². The molecule has 0 saturated carbocycles. The number of nitro groups is 1. The molecule has 0 aliphatic heterocycles. The SMILES string of the molecule is Cc1cc(NC(=O)COC(=O)CCC(C)C)c([N+](=O)[O-])cc1C. The van der Waals surface area contributed by atoms with Crippen LogP contribution in [0.25, 0.3) is 0 Å². The van der Waals surface area contributed by atoms with Crippen molar-refractivity contribution in [2.45, 2.75) is 40.5 Å². The molecule has 0 unspecified atom stereocenters. The maximum atomic E-state index is 11.8. The van der Waals surface area contributed by atoms with Crippen molar-refractivity contribution >= 4 is 23.3 Å². The van der Waals surface area contributed by atoms with Crippen LogP contribution in [0.3, 0.4) is 0 Å². The van der Waals surface area contributed by atoms with E-state index in [0.29, 0.717) is 12.3 Å². The number of aryl methyl sites for hydroxylation is 2. The van der Waals surface area contributed by atoms with Crippen LogP contribution in [0.4, 0.5) is 11.4 Å². The van der Waals surface area contributed by atoms with Crippen molar-refractivity contribution in [1.82, 2.24) is 0 Å². The van der Waals surface area contributed by atoms with Gasteiger partial charge in [0.1, 0.15) is 5.69 Å². The first-order valence-electron chi connectivity index (χ1n) is 7.41. The first kappa shape index (κ1) is 18.6. The van der Waals surface area contributed by atoms with Gasteiger partial charge in [0.2, 0.25) is 0 Å². The summed E-state index contributed by atoms with van der Waals surface area (Å²) in [5.41, 5.74) is 1.49. The minimum atomic E-state index is -0.603. The number of nitrogens with one attached hydrogen (secondary N) is 1. The maximum absolute atomic E-state index is 11.8. The predicted octanol–water partition coefficient (Wildman–Crippen LogP) is 3.13. The molecule has 126 valence electrons. The summed E-state index contributed by atoms with van der Waals surface area (Å²) < 4.78 is 4.86. The number of nitro benzene ring substituents is 1. The Hall–Kier alpha value is -2.44. The summed E-state index contributed by atoms with van der Waals surface area (Å²) in [7, 11) is 0. The van der Waals surface area contributed by atoms with E-state index in [1.807, 2.05) is 13.8 Å². The molecular formula is C16H22N2O5. The van der Waals surface area contributed by atoms with Crippen molar-refractivity contribution in [3.8, 4) is 0 Å². The molecule has 0 aliphatic carbocycles. The molecule has 0 radical (unpaired) electrons. The van der Waals surface area contributed by atoms with Crippen LogP contribution in [-0.4, -0.2) is 23.4 Å². The highest BCUT2D eigenvalue weighted by atomic mass is 16.6. The normalized spacial score (nSPS) is 10.5. The zero-order valence-electron chi connectivity index (χ0n) is 13.8. The summed E-state index contributed by atoms with van der Waals surface area (Å²) in [5, 5.41) is 13.5. The van der Waals surface area contributed by atoms with Gasteiger partial charge in [0.25, 0.3) is 11.6 Å². The number of benzene rings is 1. The molecule has 0 saturated heterocycles. The summed E-state index contributed by atoms with van der Waals surface area (Å²) in [6.45, 7) is 7.06. The molecule has 0 spiro atoms. The molecule has 7 nitrogen and oxygen atoms in total. The van der Waals surface area contributed by atoms with E-state index in [0.717, 1.165) is 11.1 Å². The standard InChI is InChI=1S/C16H22N2O5/c1-10(2)5-6-16(20)23-9-15(19)17-13-7-11(3)12(4)8-14(13)18(21)22/h7-8,10H,5-6,9H2,1-4H3,(H,17,19). The highest BCUT2D eigenvalue weighted by molar-refractivity contribution is 5.95. The molecule has 1 rings (SSSR count). The number of amides is 1.